The number of para-hydroxylation sites is 1. The van der Waals surface area contributed by atoms with Crippen LogP contribution in [0.5, 0.6) is 11.5 Å². The van der Waals surface area contributed by atoms with Gasteiger partial charge in [0, 0.05) is 12.1 Å². The number of nitrogens with zero attached hydrogens (tertiary/aromatic N) is 2. The fraction of sp³-hybridized carbons (Fsp3) is 0.0870. The van der Waals surface area contributed by atoms with Gasteiger partial charge in [0.15, 0.2) is 0 Å². The molecule has 0 unspecified atom stereocenters. The van der Waals surface area contributed by atoms with Gasteiger partial charge >= 0.3 is 0 Å². The molecule has 6 heteroatoms. The van der Waals surface area contributed by atoms with Gasteiger partial charge in [0.1, 0.15) is 24.7 Å². The quantitative estimate of drug-likeness (QED) is 0.176. The molecule has 0 bridgehead atoms. The standard InChI is InChI=1S/C23H18N2O4/c24-17-20(19-9-11-21(12-10-19)25(26)27)15-18-5-4-8-23(16-18)29-14-13-28-22-6-2-1-3-7-22/h1-12,15-16H,13-14H2/b20-15+. The molecule has 0 radical (unpaired) electrons. The van der Waals surface area contributed by atoms with Gasteiger partial charge in [-0.25, -0.2) is 0 Å². The first-order valence-corrected chi connectivity index (χ1v) is 8.93. The van der Waals surface area contributed by atoms with E-state index in [9.17, 15) is 15.4 Å². The smallest absolute Gasteiger partial charge is 0.269 e. The first kappa shape index (κ1) is 19.6. The Balaban J connectivity index is 1.64. The minimum atomic E-state index is -0.470. The zero-order valence-corrected chi connectivity index (χ0v) is 15.5. The van der Waals surface area contributed by atoms with E-state index in [0.717, 1.165) is 11.3 Å². The van der Waals surface area contributed by atoms with Crippen molar-refractivity contribution in [1.29, 1.82) is 5.26 Å². The molecule has 6 nitrogen and oxygen atoms in total. The van der Waals surface area contributed by atoms with E-state index >= 15 is 0 Å². The summed E-state index contributed by atoms with van der Waals surface area (Å²) in [7, 11) is 0. The minimum absolute atomic E-state index is 0.0147. The summed E-state index contributed by atoms with van der Waals surface area (Å²) < 4.78 is 11.3. The average Bonchev–Trinajstić information content (AvgIpc) is 2.76. The van der Waals surface area contributed by atoms with Gasteiger partial charge < -0.3 is 9.47 Å². The van der Waals surface area contributed by atoms with Gasteiger partial charge in [0.05, 0.1) is 16.6 Å². The SMILES string of the molecule is N#C/C(=C\c1cccc(OCCOc2ccccc2)c1)c1ccc([N+](=O)[O-])cc1. The van der Waals surface area contributed by atoms with E-state index in [1.165, 1.54) is 12.1 Å². The summed E-state index contributed by atoms with van der Waals surface area (Å²) in [4.78, 5) is 10.3. The summed E-state index contributed by atoms with van der Waals surface area (Å²) in [6.45, 7) is 0.797. The van der Waals surface area contributed by atoms with Crippen LogP contribution in [-0.4, -0.2) is 18.1 Å². The first-order chi connectivity index (χ1) is 14.2. The van der Waals surface area contributed by atoms with Gasteiger partial charge in [0.25, 0.3) is 5.69 Å². The van der Waals surface area contributed by atoms with Crippen molar-refractivity contribution < 1.29 is 14.4 Å². The van der Waals surface area contributed by atoms with Crippen LogP contribution in [0.2, 0.25) is 0 Å². The van der Waals surface area contributed by atoms with Gasteiger partial charge in [0.2, 0.25) is 0 Å². The summed E-state index contributed by atoms with van der Waals surface area (Å²) in [6, 6.07) is 24.9. The Morgan fingerprint density at radius 1 is 0.931 bits per heavy atom. The van der Waals surface area contributed by atoms with E-state index in [-0.39, 0.29) is 5.69 Å². The van der Waals surface area contributed by atoms with Crippen LogP contribution in [0.25, 0.3) is 11.6 Å². The Bertz CT molecular complexity index is 1040. The summed E-state index contributed by atoms with van der Waals surface area (Å²) in [6.07, 6.45) is 1.72. The molecule has 0 aliphatic carbocycles. The summed E-state index contributed by atoms with van der Waals surface area (Å²) in [5.74, 6) is 1.45. The number of nitro benzene ring substituents is 1. The molecule has 29 heavy (non-hydrogen) atoms. The minimum Gasteiger partial charge on any atom is -0.490 e. The summed E-state index contributed by atoms with van der Waals surface area (Å²) in [5, 5.41) is 20.2. The van der Waals surface area contributed by atoms with Gasteiger partial charge in [-0.3, -0.25) is 10.1 Å². The average molecular weight is 386 g/mol. The Morgan fingerprint density at radius 2 is 1.59 bits per heavy atom. The second-order valence-corrected chi connectivity index (χ2v) is 6.06. The molecule has 0 saturated heterocycles. The number of hydrogen-bond acceptors (Lipinski definition) is 5. The highest BCUT2D eigenvalue weighted by atomic mass is 16.6. The molecule has 144 valence electrons. The predicted octanol–water partition coefficient (Wildman–Crippen LogP) is 5.12. The molecule has 0 atom stereocenters. The molecule has 3 rings (SSSR count). The zero-order chi connectivity index (χ0) is 20.5. The highest BCUT2D eigenvalue weighted by Crippen LogP contribution is 2.22. The lowest BCUT2D eigenvalue weighted by Gasteiger charge is -2.09. The fourth-order valence-electron chi connectivity index (χ4n) is 2.64. The second kappa shape index (κ2) is 9.72. The summed E-state index contributed by atoms with van der Waals surface area (Å²) in [5.41, 5.74) is 1.80. The van der Waals surface area contributed by atoms with E-state index < -0.39 is 4.92 Å². The van der Waals surface area contributed by atoms with Crippen molar-refractivity contribution in [3.8, 4) is 17.6 Å². The molecular formula is C23H18N2O4. The molecule has 0 N–H and O–H groups in total. The number of ether oxygens (including phenoxy) is 2. The van der Waals surface area contributed by atoms with Crippen molar-refractivity contribution in [2.45, 2.75) is 0 Å². The molecule has 0 amide bonds. The van der Waals surface area contributed by atoms with Crippen molar-refractivity contribution in [3.05, 3.63) is 100 Å². The lowest BCUT2D eigenvalue weighted by Crippen LogP contribution is -2.08. The van der Waals surface area contributed by atoms with Crippen molar-refractivity contribution in [1.82, 2.24) is 0 Å². The van der Waals surface area contributed by atoms with Crippen LogP contribution >= 0.6 is 0 Å². The molecule has 0 aliphatic heterocycles. The van der Waals surface area contributed by atoms with Crippen molar-refractivity contribution >= 4 is 17.3 Å². The molecular weight excluding hydrogens is 368 g/mol. The topological polar surface area (TPSA) is 85.4 Å². The Hall–Kier alpha value is -4.11. The number of hydrogen-bond donors (Lipinski definition) is 0. The number of non-ortho nitro benzene ring substituents is 1. The maximum absolute atomic E-state index is 10.8. The maximum atomic E-state index is 10.8. The molecule has 0 aliphatic rings. The van der Waals surface area contributed by atoms with Gasteiger partial charge in [-0.1, -0.05) is 30.3 Å². The summed E-state index contributed by atoms with van der Waals surface area (Å²) >= 11 is 0. The fourth-order valence-corrected chi connectivity index (χ4v) is 2.64. The Labute approximate surface area is 168 Å². The van der Waals surface area contributed by atoms with Gasteiger partial charge in [-0.05, 0) is 53.6 Å². The largest absolute Gasteiger partial charge is 0.490 e. The third-order valence-corrected chi connectivity index (χ3v) is 4.04. The van der Waals surface area contributed by atoms with E-state index in [1.54, 1.807) is 18.2 Å². The number of rotatable bonds is 8. The van der Waals surface area contributed by atoms with Crippen LogP contribution in [0.15, 0.2) is 78.9 Å². The van der Waals surface area contributed by atoms with Crippen molar-refractivity contribution in [2.24, 2.45) is 0 Å². The van der Waals surface area contributed by atoms with Crippen LogP contribution < -0.4 is 9.47 Å². The van der Waals surface area contributed by atoms with Crippen LogP contribution in [-0.2, 0) is 0 Å². The van der Waals surface area contributed by atoms with Gasteiger partial charge in [-0.2, -0.15) is 5.26 Å². The normalized spacial score (nSPS) is 10.8. The zero-order valence-electron chi connectivity index (χ0n) is 15.5. The molecule has 3 aromatic carbocycles. The lowest BCUT2D eigenvalue weighted by atomic mass is 10.0. The number of nitro groups is 1. The van der Waals surface area contributed by atoms with Crippen LogP contribution in [0.3, 0.4) is 0 Å². The van der Waals surface area contributed by atoms with E-state index in [4.69, 9.17) is 9.47 Å². The number of nitriles is 1. The third kappa shape index (κ3) is 5.68. The second-order valence-electron chi connectivity index (χ2n) is 6.06. The number of benzene rings is 3. The van der Waals surface area contributed by atoms with E-state index in [2.05, 4.69) is 6.07 Å². The molecule has 0 heterocycles. The van der Waals surface area contributed by atoms with Crippen LogP contribution in [0, 0.1) is 21.4 Å². The number of allylic oxidation sites excluding steroid dienone is 1. The van der Waals surface area contributed by atoms with Crippen LogP contribution in [0.4, 0.5) is 5.69 Å². The van der Waals surface area contributed by atoms with Gasteiger partial charge in [-0.15, -0.1) is 0 Å². The third-order valence-electron chi connectivity index (χ3n) is 4.04. The molecule has 0 aromatic heterocycles. The predicted molar refractivity (Wildman–Crippen MR) is 110 cm³/mol. The molecule has 3 aromatic rings. The molecule has 0 saturated carbocycles. The highest BCUT2D eigenvalue weighted by Gasteiger charge is 2.07. The van der Waals surface area contributed by atoms with Crippen molar-refractivity contribution in [3.63, 3.8) is 0 Å². The molecule has 0 fully saturated rings. The van der Waals surface area contributed by atoms with E-state index in [0.29, 0.717) is 30.1 Å². The van der Waals surface area contributed by atoms with Crippen molar-refractivity contribution in [2.75, 3.05) is 13.2 Å². The monoisotopic (exact) mass is 386 g/mol. The van der Waals surface area contributed by atoms with E-state index in [1.807, 2.05) is 54.6 Å². The lowest BCUT2D eigenvalue weighted by molar-refractivity contribution is -0.384. The maximum Gasteiger partial charge on any atom is 0.269 e. The highest BCUT2D eigenvalue weighted by molar-refractivity contribution is 5.89. The Kier molecular flexibility index (Phi) is 6.58. The first-order valence-electron chi connectivity index (χ1n) is 8.93. The van der Waals surface area contributed by atoms with Crippen LogP contribution in [0.1, 0.15) is 11.1 Å². The molecule has 0 spiro atoms. The Morgan fingerprint density at radius 3 is 2.24 bits per heavy atom.